The molecular weight excluding hydrogens is 384 g/mol. The van der Waals surface area contributed by atoms with Crippen LogP contribution in [0.25, 0.3) is 5.76 Å². The number of aliphatic hydroxyl groups excluding tert-OH is 1. The monoisotopic (exact) mass is 408 g/mol. The van der Waals surface area contributed by atoms with Crippen LogP contribution in [0, 0.1) is 0 Å². The second-order valence-electron chi connectivity index (χ2n) is 7.40. The van der Waals surface area contributed by atoms with E-state index in [1.54, 1.807) is 36.4 Å². The van der Waals surface area contributed by atoms with Crippen LogP contribution in [-0.4, -0.2) is 71.1 Å². The molecule has 156 valence electrons. The van der Waals surface area contributed by atoms with Crippen molar-refractivity contribution in [3.63, 3.8) is 0 Å². The number of phenolic OH excluding ortho intramolecular Hbond substituents is 1. The molecule has 7 nitrogen and oxygen atoms in total. The highest BCUT2D eigenvalue weighted by Crippen LogP contribution is 2.39. The first-order chi connectivity index (χ1) is 14.6. The Labute approximate surface area is 174 Å². The number of Topliss-reactive ketones (excluding diaryl/α,β-unsaturated/α-hetero) is 1. The van der Waals surface area contributed by atoms with Crippen LogP contribution in [-0.2, 0) is 14.3 Å². The third-order valence-corrected chi connectivity index (χ3v) is 5.56. The summed E-state index contributed by atoms with van der Waals surface area (Å²) in [4.78, 5) is 29.6. The number of aliphatic hydroxyl groups is 1. The molecule has 2 fully saturated rings. The van der Waals surface area contributed by atoms with Gasteiger partial charge in [-0.05, 0) is 17.7 Å². The number of ether oxygens (including phenoxy) is 1. The lowest BCUT2D eigenvalue weighted by molar-refractivity contribution is -0.140. The highest BCUT2D eigenvalue weighted by molar-refractivity contribution is 6.46. The van der Waals surface area contributed by atoms with E-state index < -0.39 is 17.7 Å². The third-order valence-electron chi connectivity index (χ3n) is 5.56. The lowest BCUT2D eigenvalue weighted by Gasteiger charge is -2.31. The molecule has 0 saturated carbocycles. The van der Waals surface area contributed by atoms with E-state index in [4.69, 9.17) is 4.74 Å². The molecule has 2 aromatic carbocycles. The first-order valence-corrected chi connectivity index (χ1v) is 9.99. The van der Waals surface area contributed by atoms with E-state index in [2.05, 4.69) is 4.90 Å². The number of carbonyl (C=O) groups is 2. The molecule has 2 saturated heterocycles. The Bertz CT molecular complexity index is 949. The Kier molecular flexibility index (Phi) is 5.83. The fourth-order valence-corrected chi connectivity index (χ4v) is 3.94. The van der Waals surface area contributed by atoms with E-state index in [1.165, 1.54) is 17.0 Å². The summed E-state index contributed by atoms with van der Waals surface area (Å²) in [6.07, 6.45) is 0. The average Bonchev–Trinajstić information content (AvgIpc) is 3.04. The van der Waals surface area contributed by atoms with Gasteiger partial charge in [0.1, 0.15) is 11.5 Å². The van der Waals surface area contributed by atoms with Gasteiger partial charge in [-0.2, -0.15) is 0 Å². The number of hydrogen-bond donors (Lipinski definition) is 2. The van der Waals surface area contributed by atoms with Gasteiger partial charge in [0.2, 0.25) is 0 Å². The van der Waals surface area contributed by atoms with E-state index in [1.807, 2.05) is 6.07 Å². The zero-order valence-electron chi connectivity index (χ0n) is 16.5. The van der Waals surface area contributed by atoms with Gasteiger partial charge in [0.25, 0.3) is 11.7 Å². The minimum absolute atomic E-state index is 0.0684. The molecule has 1 amide bonds. The van der Waals surface area contributed by atoms with Crippen molar-refractivity contribution < 1.29 is 24.5 Å². The molecule has 0 bridgehead atoms. The normalized spacial score (nSPS) is 21.9. The Morgan fingerprint density at radius 1 is 0.967 bits per heavy atom. The maximum atomic E-state index is 12.9. The summed E-state index contributed by atoms with van der Waals surface area (Å²) in [5.41, 5.74) is 1.21. The second kappa shape index (κ2) is 8.69. The number of hydrogen-bond acceptors (Lipinski definition) is 6. The zero-order valence-corrected chi connectivity index (χ0v) is 16.5. The molecular formula is C23H24N2O5. The maximum Gasteiger partial charge on any atom is 0.295 e. The van der Waals surface area contributed by atoms with Crippen molar-refractivity contribution in [2.75, 3.05) is 39.4 Å². The Hall–Kier alpha value is -3.16. The first-order valence-electron chi connectivity index (χ1n) is 9.99. The number of carbonyl (C=O) groups excluding carboxylic acids is 2. The SMILES string of the molecule is O=C1C(=O)N(CCN2CCOCC2)[C@H](c2ccc(O)cc2)C1=C(O)c1ccccc1. The number of morpholine rings is 1. The molecule has 0 unspecified atom stereocenters. The molecule has 4 rings (SSSR count). The van der Waals surface area contributed by atoms with E-state index in [9.17, 15) is 19.8 Å². The van der Waals surface area contributed by atoms with Crippen molar-refractivity contribution in [2.45, 2.75) is 6.04 Å². The predicted octanol–water partition coefficient (Wildman–Crippen LogP) is 2.15. The molecule has 2 N–H and O–H groups in total. The standard InChI is InChI=1S/C23H24N2O5/c26-18-8-6-16(7-9-18)20-19(21(27)17-4-2-1-3-5-17)22(28)23(29)25(20)11-10-24-12-14-30-15-13-24/h1-9,20,26-27H,10-15H2/t20-/m1/s1. The third kappa shape index (κ3) is 3.94. The predicted molar refractivity (Wildman–Crippen MR) is 111 cm³/mol. The molecule has 2 aliphatic rings. The topological polar surface area (TPSA) is 90.3 Å². The van der Waals surface area contributed by atoms with Crippen LogP contribution in [0.3, 0.4) is 0 Å². The van der Waals surface area contributed by atoms with Crippen molar-refractivity contribution in [3.8, 4) is 5.75 Å². The summed E-state index contributed by atoms with van der Waals surface area (Å²) >= 11 is 0. The van der Waals surface area contributed by atoms with Crippen molar-refractivity contribution in [1.29, 1.82) is 0 Å². The number of benzene rings is 2. The molecule has 2 aromatic rings. The van der Waals surface area contributed by atoms with E-state index >= 15 is 0 Å². The van der Waals surface area contributed by atoms with Crippen molar-refractivity contribution in [3.05, 3.63) is 71.3 Å². The Morgan fingerprint density at radius 3 is 2.30 bits per heavy atom. The van der Waals surface area contributed by atoms with Crippen LogP contribution in [0.2, 0.25) is 0 Å². The Morgan fingerprint density at radius 2 is 1.63 bits per heavy atom. The molecule has 0 spiro atoms. The van der Waals surface area contributed by atoms with Crippen LogP contribution in [0.1, 0.15) is 17.2 Å². The van der Waals surface area contributed by atoms with Gasteiger partial charge in [0, 0.05) is 31.7 Å². The zero-order chi connectivity index (χ0) is 21.1. The number of ketones is 1. The molecule has 0 aliphatic carbocycles. The number of aromatic hydroxyl groups is 1. The van der Waals surface area contributed by atoms with Gasteiger partial charge in [-0.25, -0.2) is 0 Å². The minimum Gasteiger partial charge on any atom is -0.508 e. The fraction of sp³-hybridized carbons (Fsp3) is 0.304. The van der Waals surface area contributed by atoms with Gasteiger partial charge in [0.05, 0.1) is 24.8 Å². The molecule has 1 atom stereocenters. The number of rotatable bonds is 5. The van der Waals surface area contributed by atoms with Crippen LogP contribution in [0.4, 0.5) is 0 Å². The molecule has 0 aromatic heterocycles. The fourth-order valence-electron chi connectivity index (χ4n) is 3.94. The highest BCUT2D eigenvalue weighted by Gasteiger charge is 2.46. The second-order valence-corrected chi connectivity index (χ2v) is 7.40. The van der Waals surface area contributed by atoms with Crippen molar-refractivity contribution >= 4 is 17.4 Å². The van der Waals surface area contributed by atoms with Crippen LogP contribution >= 0.6 is 0 Å². The number of phenols is 1. The first kappa shape index (κ1) is 20.1. The van der Waals surface area contributed by atoms with E-state index in [0.717, 1.165) is 13.1 Å². The van der Waals surface area contributed by atoms with Gasteiger partial charge in [-0.15, -0.1) is 0 Å². The van der Waals surface area contributed by atoms with Crippen LogP contribution < -0.4 is 0 Å². The lowest BCUT2D eigenvalue weighted by Crippen LogP contribution is -2.42. The lowest BCUT2D eigenvalue weighted by atomic mass is 9.95. The van der Waals surface area contributed by atoms with Crippen LogP contribution in [0.5, 0.6) is 5.75 Å². The maximum absolute atomic E-state index is 12.9. The van der Waals surface area contributed by atoms with E-state index in [-0.39, 0.29) is 17.1 Å². The smallest absolute Gasteiger partial charge is 0.295 e. The van der Waals surface area contributed by atoms with Crippen molar-refractivity contribution in [2.24, 2.45) is 0 Å². The van der Waals surface area contributed by atoms with E-state index in [0.29, 0.717) is 37.4 Å². The quantitative estimate of drug-likeness (QED) is 0.448. The largest absolute Gasteiger partial charge is 0.508 e. The number of amides is 1. The molecule has 2 heterocycles. The van der Waals surface area contributed by atoms with Crippen LogP contribution in [0.15, 0.2) is 60.2 Å². The van der Waals surface area contributed by atoms with Gasteiger partial charge in [0.15, 0.2) is 0 Å². The average molecular weight is 408 g/mol. The summed E-state index contributed by atoms with van der Waals surface area (Å²) in [6, 6.07) is 14.4. The summed E-state index contributed by atoms with van der Waals surface area (Å²) < 4.78 is 5.37. The molecule has 0 radical (unpaired) electrons. The molecule has 2 aliphatic heterocycles. The summed E-state index contributed by atoms with van der Waals surface area (Å²) in [7, 11) is 0. The highest BCUT2D eigenvalue weighted by atomic mass is 16.5. The van der Waals surface area contributed by atoms with Gasteiger partial charge in [-0.1, -0.05) is 42.5 Å². The number of likely N-dealkylation sites (tertiary alicyclic amines) is 1. The summed E-state index contributed by atoms with van der Waals surface area (Å²) in [5, 5.41) is 20.6. The van der Waals surface area contributed by atoms with Gasteiger partial charge in [-0.3, -0.25) is 14.5 Å². The Balaban J connectivity index is 1.72. The van der Waals surface area contributed by atoms with Gasteiger partial charge < -0.3 is 19.8 Å². The molecule has 30 heavy (non-hydrogen) atoms. The van der Waals surface area contributed by atoms with Crippen molar-refractivity contribution in [1.82, 2.24) is 9.80 Å². The minimum atomic E-state index is -0.716. The molecule has 7 heteroatoms. The number of nitrogens with zero attached hydrogens (tertiary/aromatic N) is 2. The summed E-state index contributed by atoms with van der Waals surface area (Å²) in [5.74, 6) is -1.43. The van der Waals surface area contributed by atoms with Gasteiger partial charge >= 0.3 is 0 Å². The summed E-state index contributed by atoms with van der Waals surface area (Å²) in [6.45, 7) is 3.80.